The molecule has 0 bridgehead atoms. The predicted octanol–water partition coefficient (Wildman–Crippen LogP) is 5.86. The van der Waals surface area contributed by atoms with E-state index < -0.39 is 0 Å². The molecule has 0 aliphatic rings. The molecular formula is C18H17ClN2OS. The third kappa shape index (κ3) is 3.59. The largest absolute Gasteiger partial charge is 0.411 e. The Kier molecular flexibility index (Phi) is 4.74. The molecule has 0 saturated heterocycles. The van der Waals surface area contributed by atoms with Crippen molar-refractivity contribution in [2.24, 2.45) is 0 Å². The number of halogens is 1. The van der Waals surface area contributed by atoms with Crippen LogP contribution in [0.15, 0.2) is 52.1 Å². The highest BCUT2D eigenvalue weighted by atomic mass is 35.5. The van der Waals surface area contributed by atoms with Gasteiger partial charge in [-0.25, -0.2) is 0 Å². The van der Waals surface area contributed by atoms with E-state index in [-0.39, 0.29) is 5.25 Å². The van der Waals surface area contributed by atoms with Crippen LogP contribution < -0.4 is 0 Å². The van der Waals surface area contributed by atoms with Crippen LogP contribution in [-0.4, -0.2) is 10.2 Å². The molecule has 1 atom stereocenters. The average molecular weight is 345 g/mol. The van der Waals surface area contributed by atoms with Crippen LogP contribution in [0.1, 0.15) is 28.9 Å². The first-order valence-corrected chi connectivity index (χ1v) is 8.62. The van der Waals surface area contributed by atoms with E-state index in [9.17, 15) is 0 Å². The number of nitrogens with zero attached hydrogens (tertiary/aromatic N) is 2. The van der Waals surface area contributed by atoms with Crippen LogP contribution in [0.5, 0.6) is 0 Å². The summed E-state index contributed by atoms with van der Waals surface area (Å²) in [6, 6.07) is 13.9. The molecule has 23 heavy (non-hydrogen) atoms. The molecule has 0 N–H and O–H groups in total. The Labute approximate surface area is 145 Å². The minimum Gasteiger partial charge on any atom is -0.411 e. The first-order chi connectivity index (χ1) is 11.0. The summed E-state index contributed by atoms with van der Waals surface area (Å²) in [7, 11) is 0. The van der Waals surface area contributed by atoms with E-state index in [4.69, 9.17) is 16.0 Å². The van der Waals surface area contributed by atoms with Gasteiger partial charge in [0.25, 0.3) is 5.22 Å². The molecule has 0 radical (unpaired) electrons. The van der Waals surface area contributed by atoms with Crippen molar-refractivity contribution in [1.82, 2.24) is 10.2 Å². The number of benzene rings is 2. The quantitative estimate of drug-likeness (QED) is 0.555. The monoisotopic (exact) mass is 344 g/mol. The summed E-state index contributed by atoms with van der Waals surface area (Å²) in [6.45, 7) is 6.23. The van der Waals surface area contributed by atoms with E-state index in [2.05, 4.69) is 43.1 Å². The van der Waals surface area contributed by atoms with Crippen LogP contribution in [0, 0.1) is 13.8 Å². The van der Waals surface area contributed by atoms with Gasteiger partial charge in [0, 0.05) is 15.8 Å². The third-order valence-electron chi connectivity index (χ3n) is 3.78. The van der Waals surface area contributed by atoms with E-state index in [0.29, 0.717) is 11.1 Å². The van der Waals surface area contributed by atoms with Gasteiger partial charge in [0.05, 0.1) is 0 Å². The molecule has 0 spiro atoms. The molecule has 3 rings (SSSR count). The second kappa shape index (κ2) is 6.77. The fourth-order valence-corrected chi connectivity index (χ4v) is 3.48. The molecule has 3 nitrogen and oxygen atoms in total. The first-order valence-electron chi connectivity index (χ1n) is 7.37. The second-order valence-electron chi connectivity index (χ2n) is 5.45. The van der Waals surface area contributed by atoms with Crippen molar-refractivity contribution in [1.29, 1.82) is 0 Å². The van der Waals surface area contributed by atoms with Crippen molar-refractivity contribution in [3.8, 4) is 11.5 Å². The SMILES string of the molecule is Cc1ccc(-c2nnc(S[C@H](C)c3ccccc3Cl)o2)cc1C. The number of aryl methyl sites for hydroxylation is 2. The Balaban J connectivity index is 1.79. The Morgan fingerprint density at radius 3 is 2.57 bits per heavy atom. The van der Waals surface area contributed by atoms with Crippen molar-refractivity contribution in [2.45, 2.75) is 31.2 Å². The summed E-state index contributed by atoms with van der Waals surface area (Å²) >= 11 is 7.75. The number of aromatic nitrogens is 2. The van der Waals surface area contributed by atoms with E-state index >= 15 is 0 Å². The van der Waals surface area contributed by atoms with Gasteiger partial charge >= 0.3 is 0 Å². The molecule has 0 aliphatic heterocycles. The fraction of sp³-hybridized carbons (Fsp3) is 0.222. The molecular weight excluding hydrogens is 328 g/mol. The van der Waals surface area contributed by atoms with Crippen LogP contribution in [0.2, 0.25) is 5.02 Å². The number of thioether (sulfide) groups is 1. The van der Waals surface area contributed by atoms with Crippen LogP contribution in [0.4, 0.5) is 0 Å². The van der Waals surface area contributed by atoms with Crippen molar-refractivity contribution in [2.75, 3.05) is 0 Å². The average Bonchev–Trinajstić information content (AvgIpc) is 2.99. The number of hydrogen-bond donors (Lipinski definition) is 0. The highest BCUT2D eigenvalue weighted by molar-refractivity contribution is 7.99. The van der Waals surface area contributed by atoms with Crippen LogP contribution >= 0.6 is 23.4 Å². The summed E-state index contributed by atoms with van der Waals surface area (Å²) in [5.74, 6) is 0.543. The van der Waals surface area contributed by atoms with E-state index in [1.54, 1.807) is 0 Å². The summed E-state index contributed by atoms with van der Waals surface area (Å²) in [5.41, 5.74) is 4.46. The topological polar surface area (TPSA) is 38.9 Å². The lowest BCUT2D eigenvalue weighted by molar-refractivity contribution is 0.465. The lowest BCUT2D eigenvalue weighted by Crippen LogP contribution is -1.89. The molecule has 118 valence electrons. The first kappa shape index (κ1) is 16.1. The normalized spacial score (nSPS) is 12.3. The zero-order chi connectivity index (χ0) is 16.4. The van der Waals surface area contributed by atoms with Gasteiger partial charge in [-0.3, -0.25) is 0 Å². The van der Waals surface area contributed by atoms with E-state index in [0.717, 1.165) is 16.1 Å². The minimum atomic E-state index is 0.136. The maximum absolute atomic E-state index is 6.24. The van der Waals surface area contributed by atoms with E-state index in [1.165, 1.54) is 22.9 Å². The van der Waals surface area contributed by atoms with E-state index in [1.807, 2.05) is 30.3 Å². The molecule has 0 amide bonds. The lowest BCUT2D eigenvalue weighted by atomic mass is 10.1. The van der Waals surface area contributed by atoms with Gasteiger partial charge in [-0.15, -0.1) is 10.2 Å². The molecule has 2 aromatic carbocycles. The van der Waals surface area contributed by atoms with Crippen molar-refractivity contribution in [3.63, 3.8) is 0 Å². The molecule has 1 aromatic heterocycles. The molecule has 3 aromatic rings. The van der Waals surface area contributed by atoms with Gasteiger partial charge in [0.1, 0.15) is 0 Å². The van der Waals surface area contributed by atoms with Gasteiger partial charge in [-0.05, 0) is 55.7 Å². The minimum absolute atomic E-state index is 0.136. The predicted molar refractivity (Wildman–Crippen MR) is 94.9 cm³/mol. The van der Waals surface area contributed by atoms with Gasteiger partial charge in [-0.1, -0.05) is 47.6 Å². The molecule has 0 unspecified atom stereocenters. The number of rotatable bonds is 4. The van der Waals surface area contributed by atoms with Crippen LogP contribution in [0.3, 0.4) is 0 Å². The van der Waals surface area contributed by atoms with Gasteiger partial charge in [-0.2, -0.15) is 0 Å². The lowest BCUT2D eigenvalue weighted by Gasteiger charge is -2.10. The summed E-state index contributed by atoms with van der Waals surface area (Å²) < 4.78 is 5.79. The molecule has 0 saturated carbocycles. The van der Waals surface area contributed by atoms with Gasteiger partial charge in [0.2, 0.25) is 5.89 Å². The maximum Gasteiger partial charge on any atom is 0.277 e. The molecule has 1 heterocycles. The second-order valence-corrected chi connectivity index (χ2v) is 7.15. The van der Waals surface area contributed by atoms with Gasteiger partial charge < -0.3 is 4.42 Å². The zero-order valence-corrected chi connectivity index (χ0v) is 14.8. The third-order valence-corrected chi connectivity index (χ3v) is 5.10. The highest BCUT2D eigenvalue weighted by Crippen LogP contribution is 2.38. The Morgan fingerprint density at radius 2 is 1.83 bits per heavy atom. The Morgan fingerprint density at radius 1 is 1.04 bits per heavy atom. The Bertz CT molecular complexity index is 831. The van der Waals surface area contributed by atoms with Crippen molar-refractivity contribution >= 4 is 23.4 Å². The smallest absolute Gasteiger partial charge is 0.277 e. The molecule has 0 fully saturated rings. The van der Waals surface area contributed by atoms with Gasteiger partial charge in [0.15, 0.2) is 0 Å². The number of hydrogen-bond acceptors (Lipinski definition) is 4. The maximum atomic E-state index is 6.24. The van der Waals surface area contributed by atoms with Crippen LogP contribution in [0.25, 0.3) is 11.5 Å². The summed E-state index contributed by atoms with van der Waals surface area (Å²) in [5, 5.41) is 9.73. The zero-order valence-electron chi connectivity index (χ0n) is 13.2. The summed E-state index contributed by atoms with van der Waals surface area (Å²) in [6.07, 6.45) is 0. The summed E-state index contributed by atoms with van der Waals surface area (Å²) in [4.78, 5) is 0. The molecule has 0 aliphatic carbocycles. The van der Waals surface area contributed by atoms with Crippen molar-refractivity contribution < 1.29 is 4.42 Å². The highest BCUT2D eigenvalue weighted by Gasteiger charge is 2.16. The van der Waals surface area contributed by atoms with Crippen LogP contribution in [-0.2, 0) is 0 Å². The molecule has 5 heteroatoms. The Hall–Kier alpha value is -1.78. The standard InChI is InChI=1S/C18H17ClN2OS/c1-11-8-9-14(10-12(11)2)17-20-21-18(22-17)23-13(3)15-6-4-5-7-16(15)19/h4-10,13H,1-3H3/t13-/m1/s1. The fourth-order valence-electron chi connectivity index (χ4n) is 2.27. The van der Waals surface area contributed by atoms with Crippen molar-refractivity contribution in [3.05, 3.63) is 64.2 Å².